The Hall–Kier alpha value is -3.76. The third-order valence-electron chi connectivity index (χ3n) is 10.8. The Morgan fingerprint density at radius 2 is 1.31 bits per heavy atom. The second-order valence-electron chi connectivity index (χ2n) is 14.9. The lowest BCUT2D eigenvalue weighted by Gasteiger charge is -2.30. The number of benzene rings is 3. The first-order valence-corrected chi connectivity index (χ1v) is 18.5. The van der Waals surface area contributed by atoms with Crippen molar-refractivity contribution < 1.29 is 9.59 Å². The number of hydrogen-bond acceptors (Lipinski definition) is 4. The lowest BCUT2D eigenvalue weighted by molar-refractivity contribution is -0.137. The predicted octanol–water partition coefficient (Wildman–Crippen LogP) is 8.86. The van der Waals surface area contributed by atoms with Gasteiger partial charge in [0.2, 0.25) is 11.8 Å². The molecule has 4 atom stereocenters. The summed E-state index contributed by atoms with van der Waals surface area (Å²) in [6, 6.07) is 24.3. The van der Waals surface area contributed by atoms with Crippen LogP contribution in [0.1, 0.15) is 107 Å². The van der Waals surface area contributed by atoms with E-state index in [1.807, 2.05) is 71.5 Å². The van der Waals surface area contributed by atoms with Crippen molar-refractivity contribution in [2.45, 2.75) is 78.3 Å². The van der Waals surface area contributed by atoms with Crippen molar-refractivity contribution in [3.8, 4) is 23.1 Å². The molecule has 55 heavy (non-hydrogen) atoms. The maximum atomic E-state index is 13.9. The molecule has 0 bridgehead atoms. The van der Waals surface area contributed by atoms with Crippen LogP contribution >= 0.6 is 54.0 Å². The molecule has 3 aromatic carbocycles. The van der Waals surface area contributed by atoms with Gasteiger partial charge in [0.05, 0.1) is 40.9 Å². The topological polar surface area (TPSA) is 98.0 Å². The maximum absolute atomic E-state index is 13.9. The first-order chi connectivity index (χ1) is 24.7. The molecule has 8 nitrogen and oxygen atoms in total. The van der Waals surface area contributed by atoms with Crippen LogP contribution in [0.3, 0.4) is 0 Å². The number of rotatable bonds is 8. The van der Waals surface area contributed by atoms with Gasteiger partial charge >= 0.3 is 0 Å². The van der Waals surface area contributed by atoms with Gasteiger partial charge in [-0.1, -0.05) is 88.9 Å². The Bertz CT molecular complexity index is 2090. The summed E-state index contributed by atoms with van der Waals surface area (Å²) in [6.07, 6.45) is 5.64. The first-order valence-electron chi connectivity index (χ1n) is 18.5. The highest BCUT2D eigenvalue weighted by molar-refractivity contribution is 7.59. The van der Waals surface area contributed by atoms with Crippen LogP contribution in [-0.4, -0.2) is 54.6 Å². The second kappa shape index (κ2) is 19.9. The minimum absolute atomic E-state index is 0. The molecule has 2 saturated heterocycles. The number of aromatic amines is 2. The molecule has 12 heteroatoms. The quantitative estimate of drug-likeness (QED) is 0.153. The number of carbonyl (C=O) groups is 2. The summed E-state index contributed by atoms with van der Waals surface area (Å²) in [5.74, 6) is 9.02. The molecule has 0 unspecified atom stereocenters. The smallest absolute Gasteiger partial charge is 0.230 e. The Balaban J connectivity index is 0.00000203. The van der Waals surface area contributed by atoms with Crippen LogP contribution < -0.4 is 0 Å². The molecular weight excluding hydrogens is 761 g/mol. The average Bonchev–Trinajstić information content (AvgIpc) is 3.96. The molecule has 2 aliphatic rings. The van der Waals surface area contributed by atoms with Crippen LogP contribution in [-0.2, 0) is 9.59 Å². The van der Waals surface area contributed by atoms with Crippen molar-refractivity contribution in [2.24, 2.45) is 17.8 Å². The fourth-order valence-corrected chi connectivity index (χ4v) is 7.62. The van der Waals surface area contributed by atoms with Crippen LogP contribution in [0.4, 0.5) is 0 Å². The SMILES string of the molecule is CC(C)[C@H](C)C(=O)N1CCC[C@H]1c1nc2ccc(C#Cc3ccc(-c4cnc([C@@H]5CCCN5C(=O)[C@@H](c5ccccc5)C(C)C)[nH]4)cc3)cc2[nH]1.S.S.S.S. The number of nitrogens with one attached hydrogen (secondary N) is 2. The molecule has 4 heterocycles. The molecule has 0 aliphatic carbocycles. The highest BCUT2D eigenvalue weighted by Gasteiger charge is 2.37. The Labute approximate surface area is 353 Å². The molecule has 0 radical (unpaired) electrons. The van der Waals surface area contributed by atoms with Gasteiger partial charge in [0, 0.05) is 30.1 Å². The summed E-state index contributed by atoms with van der Waals surface area (Å²) in [5, 5.41) is 0. The van der Waals surface area contributed by atoms with Crippen LogP contribution in [0.5, 0.6) is 0 Å². The van der Waals surface area contributed by atoms with Gasteiger partial charge < -0.3 is 19.8 Å². The van der Waals surface area contributed by atoms with E-state index in [2.05, 4.69) is 73.8 Å². The van der Waals surface area contributed by atoms with Crippen molar-refractivity contribution in [1.29, 1.82) is 0 Å². The van der Waals surface area contributed by atoms with Crippen molar-refractivity contribution in [2.75, 3.05) is 13.1 Å². The largest absolute Gasteiger partial charge is 0.340 e. The lowest BCUT2D eigenvalue weighted by Crippen LogP contribution is -2.37. The number of carbonyl (C=O) groups excluding carboxylic acids is 2. The van der Waals surface area contributed by atoms with Gasteiger partial charge in [-0.2, -0.15) is 54.0 Å². The van der Waals surface area contributed by atoms with Gasteiger partial charge in [0.25, 0.3) is 0 Å². The van der Waals surface area contributed by atoms with Gasteiger partial charge in [0.15, 0.2) is 0 Å². The number of nitrogens with zero attached hydrogens (tertiary/aromatic N) is 4. The fourth-order valence-electron chi connectivity index (χ4n) is 7.62. The fraction of sp³-hybridized carbons (Fsp3) is 0.395. The zero-order chi connectivity index (χ0) is 35.6. The van der Waals surface area contributed by atoms with E-state index in [1.54, 1.807) is 0 Å². The van der Waals surface area contributed by atoms with Crippen LogP contribution in [0.25, 0.3) is 22.3 Å². The number of fused-ring (bicyclic) bond motifs is 1. The van der Waals surface area contributed by atoms with Crippen molar-refractivity contribution >= 4 is 76.8 Å². The van der Waals surface area contributed by atoms with Gasteiger partial charge in [-0.3, -0.25) is 9.59 Å². The molecule has 2 aliphatic heterocycles. The van der Waals surface area contributed by atoms with Crippen LogP contribution in [0.2, 0.25) is 0 Å². The molecule has 2 N–H and O–H groups in total. The van der Waals surface area contributed by atoms with Crippen molar-refractivity contribution in [3.63, 3.8) is 0 Å². The monoisotopic (exact) mass is 816 g/mol. The van der Waals surface area contributed by atoms with Gasteiger partial charge in [-0.05, 0) is 79.0 Å². The summed E-state index contributed by atoms with van der Waals surface area (Å²) in [7, 11) is 0. The Kier molecular flexibility index (Phi) is 16.5. The number of likely N-dealkylation sites (tertiary alicyclic amines) is 2. The summed E-state index contributed by atoms with van der Waals surface area (Å²) < 4.78 is 0. The lowest BCUT2D eigenvalue weighted by atomic mass is 9.87. The van der Waals surface area contributed by atoms with Gasteiger partial charge in [-0.15, -0.1) is 0 Å². The van der Waals surface area contributed by atoms with E-state index in [9.17, 15) is 9.59 Å². The van der Waals surface area contributed by atoms with Gasteiger partial charge in [0.1, 0.15) is 11.6 Å². The van der Waals surface area contributed by atoms with E-state index in [4.69, 9.17) is 9.97 Å². The third kappa shape index (κ3) is 9.80. The van der Waals surface area contributed by atoms with Crippen LogP contribution in [0, 0.1) is 29.6 Å². The summed E-state index contributed by atoms with van der Waals surface area (Å²) >= 11 is 0. The second-order valence-corrected chi connectivity index (χ2v) is 14.9. The third-order valence-corrected chi connectivity index (χ3v) is 10.8. The van der Waals surface area contributed by atoms with Crippen LogP contribution in [0.15, 0.2) is 79.0 Å². The molecule has 2 aromatic heterocycles. The Morgan fingerprint density at radius 1 is 0.709 bits per heavy atom. The number of amides is 2. The molecule has 7 rings (SSSR count). The number of imidazole rings is 2. The van der Waals surface area contributed by atoms with E-state index >= 15 is 0 Å². The first kappa shape index (κ1) is 45.6. The molecule has 2 fully saturated rings. The number of aromatic nitrogens is 4. The highest BCUT2D eigenvalue weighted by atomic mass is 32.1. The van der Waals surface area contributed by atoms with E-state index < -0.39 is 0 Å². The molecule has 294 valence electrons. The summed E-state index contributed by atoms with van der Waals surface area (Å²) in [6.45, 7) is 12.0. The average molecular weight is 817 g/mol. The molecular formula is C43H56N6O2S4. The normalized spacial score (nSPS) is 17.4. The molecule has 0 saturated carbocycles. The van der Waals surface area contributed by atoms with E-state index in [1.165, 1.54) is 0 Å². The summed E-state index contributed by atoms with van der Waals surface area (Å²) in [5.41, 5.74) is 6.64. The van der Waals surface area contributed by atoms with Crippen molar-refractivity contribution in [3.05, 3.63) is 107 Å². The van der Waals surface area contributed by atoms with Crippen molar-refractivity contribution in [1.82, 2.24) is 29.7 Å². The minimum atomic E-state index is -0.174. The number of hydrogen-bond donors (Lipinski definition) is 2. The zero-order valence-corrected chi connectivity index (χ0v) is 36.3. The molecule has 5 aromatic rings. The maximum Gasteiger partial charge on any atom is 0.230 e. The predicted molar refractivity (Wildman–Crippen MR) is 243 cm³/mol. The highest BCUT2D eigenvalue weighted by Crippen LogP contribution is 2.37. The minimum Gasteiger partial charge on any atom is -0.340 e. The summed E-state index contributed by atoms with van der Waals surface area (Å²) in [4.78, 5) is 47.8. The molecule has 2 amide bonds. The van der Waals surface area contributed by atoms with E-state index in [-0.39, 0.29) is 95.6 Å². The van der Waals surface area contributed by atoms with E-state index in [0.29, 0.717) is 5.92 Å². The standard InChI is InChI=1S/C43H48N6O2.4H2S/c1-27(2)29(5)42(50)48-23-10-14-38(48)41-45-34-22-19-31(25-35(34)46-41)16-15-30-17-20-32(21-18-30)36-26-44-40(47-36)37-13-9-24-49(37)43(51)39(28(3)4)33-11-7-6-8-12-33;;;;/h6-8,11-12,17-22,25-29,37-39H,9-10,13-14,23-24H2,1-5H3,(H,44,47)(H,45,46);4*1H2/t29-,37-,38-,39+;;;;/m0..../s1. The Morgan fingerprint density at radius 3 is 1.95 bits per heavy atom. The van der Waals surface area contributed by atoms with Gasteiger partial charge in [-0.25, -0.2) is 9.97 Å². The number of H-pyrrole nitrogens is 2. The zero-order valence-electron chi connectivity index (χ0n) is 32.3. The van der Waals surface area contributed by atoms with E-state index in [0.717, 1.165) is 89.4 Å². The molecule has 0 spiro atoms.